The van der Waals surface area contributed by atoms with Gasteiger partial charge in [0.25, 0.3) is 0 Å². The van der Waals surface area contributed by atoms with E-state index in [1.807, 2.05) is 24.3 Å². The first-order valence-corrected chi connectivity index (χ1v) is 5.86. The molecule has 0 spiro atoms. The lowest BCUT2D eigenvalue weighted by Crippen LogP contribution is -2.34. The molecule has 1 atom stereocenters. The van der Waals surface area contributed by atoms with E-state index in [2.05, 4.69) is 26.6 Å². The molecule has 0 radical (unpaired) electrons. The molecule has 82 valence electrons. The van der Waals surface area contributed by atoms with E-state index >= 15 is 0 Å². The van der Waals surface area contributed by atoms with Crippen LogP contribution in [-0.4, -0.2) is 25.3 Å². The smallest absolute Gasteiger partial charge is 0.141 e. The van der Waals surface area contributed by atoms with E-state index in [1.54, 1.807) is 0 Å². The molecule has 1 aromatic carbocycles. The quantitative estimate of drug-likeness (QED) is 0.884. The molecule has 1 aliphatic heterocycles. The number of hydrogen-bond acceptors (Lipinski definition) is 2. The molecule has 1 fully saturated rings. The van der Waals surface area contributed by atoms with Crippen LogP contribution in [0, 0.1) is 0 Å². The van der Waals surface area contributed by atoms with Gasteiger partial charge in [-0.1, -0.05) is 22.0 Å². The van der Waals surface area contributed by atoms with Gasteiger partial charge in [0, 0.05) is 16.7 Å². The van der Waals surface area contributed by atoms with Gasteiger partial charge in [0.2, 0.25) is 0 Å². The van der Waals surface area contributed by atoms with E-state index in [1.165, 1.54) is 0 Å². The van der Waals surface area contributed by atoms with Crippen LogP contribution in [0.25, 0.3) is 0 Å². The first-order valence-electron chi connectivity index (χ1n) is 5.07. The minimum Gasteiger partial charge on any atom is -0.382 e. The third kappa shape index (κ3) is 2.92. The molecule has 1 unspecified atom stereocenters. The molecule has 1 aromatic rings. The molecule has 0 aromatic heterocycles. The van der Waals surface area contributed by atoms with Crippen molar-refractivity contribution in [1.82, 2.24) is 5.32 Å². The van der Waals surface area contributed by atoms with Crippen LogP contribution >= 0.6 is 15.9 Å². The van der Waals surface area contributed by atoms with Gasteiger partial charge in [-0.3, -0.25) is 0 Å². The molecule has 2 nitrogen and oxygen atoms in total. The zero-order chi connectivity index (χ0) is 10.7. The van der Waals surface area contributed by atoms with Crippen molar-refractivity contribution in [3.8, 4) is 0 Å². The Bertz CT molecular complexity index is 337. The summed E-state index contributed by atoms with van der Waals surface area (Å²) in [6, 6.07) is 7.78. The number of halogens is 2. The Hall–Kier alpha value is -0.610. The molecule has 0 aliphatic carbocycles. The average Bonchev–Trinajstić information content (AvgIpc) is 2.63. The zero-order valence-electron chi connectivity index (χ0n) is 8.39. The molecule has 2 N–H and O–H groups in total. The Labute approximate surface area is 97.4 Å². The molecule has 0 amide bonds. The fourth-order valence-electron chi connectivity index (χ4n) is 1.72. The third-order valence-corrected chi connectivity index (χ3v) is 3.12. The van der Waals surface area contributed by atoms with Gasteiger partial charge >= 0.3 is 0 Å². The highest BCUT2D eigenvalue weighted by atomic mass is 79.9. The first-order chi connectivity index (χ1) is 7.18. The topological polar surface area (TPSA) is 24.1 Å². The van der Waals surface area contributed by atoms with Gasteiger partial charge in [0.15, 0.2) is 0 Å². The monoisotopic (exact) mass is 272 g/mol. The SMILES string of the molecule is FC1(CNc2cccc(Br)c2)CCNC1. The normalized spacial score (nSPS) is 25.5. The van der Waals surface area contributed by atoms with Crippen molar-refractivity contribution in [3.63, 3.8) is 0 Å². The third-order valence-electron chi connectivity index (χ3n) is 2.63. The molecule has 1 aliphatic rings. The molecular weight excluding hydrogens is 259 g/mol. The van der Waals surface area contributed by atoms with E-state index in [0.29, 0.717) is 19.5 Å². The minimum atomic E-state index is -1.09. The summed E-state index contributed by atoms with van der Waals surface area (Å²) in [5, 5.41) is 6.16. The van der Waals surface area contributed by atoms with Gasteiger partial charge in [-0.15, -0.1) is 0 Å². The number of alkyl halides is 1. The second-order valence-corrected chi connectivity index (χ2v) is 4.86. The molecule has 0 saturated carbocycles. The van der Waals surface area contributed by atoms with Crippen molar-refractivity contribution in [2.24, 2.45) is 0 Å². The van der Waals surface area contributed by atoms with E-state index in [0.717, 1.165) is 16.7 Å². The van der Waals surface area contributed by atoms with Crippen LogP contribution in [-0.2, 0) is 0 Å². The molecule has 2 rings (SSSR count). The van der Waals surface area contributed by atoms with Crippen LogP contribution < -0.4 is 10.6 Å². The lowest BCUT2D eigenvalue weighted by Gasteiger charge is -2.19. The predicted molar refractivity (Wildman–Crippen MR) is 64.0 cm³/mol. The molecule has 15 heavy (non-hydrogen) atoms. The Kier molecular flexibility index (Phi) is 3.26. The zero-order valence-corrected chi connectivity index (χ0v) is 9.98. The van der Waals surface area contributed by atoms with E-state index < -0.39 is 5.67 Å². The molecular formula is C11H14BrFN2. The van der Waals surface area contributed by atoms with Crippen molar-refractivity contribution in [3.05, 3.63) is 28.7 Å². The summed E-state index contributed by atoms with van der Waals surface area (Å²) in [6.07, 6.45) is 0.591. The van der Waals surface area contributed by atoms with Gasteiger partial charge in [0.05, 0.1) is 6.54 Å². The van der Waals surface area contributed by atoms with Crippen molar-refractivity contribution in [2.75, 3.05) is 25.0 Å². The molecule has 1 heterocycles. The van der Waals surface area contributed by atoms with Gasteiger partial charge < -0.3 is 10.6 Å². The number of anilines is 1. The first kappa shape index (κ1) is 10.9. The predicted octanol–water partition coefficient (Wildman–Crippen LogP) is 2.56. The van der Waals surface area contributed by atoms with Gasteiger partial charge in [0.1, 0.15) is 5.67 Å². The maximum atomic E-state index is 14.0. The number of nitrogens with one attached hydrogen (secondary N) is 2. The maximum Gasteiger partial charge on any atom is 0.141 e. The average molecular weight is 273 g/mol. The molecule has 0 bridgehead atoms. The van der Waals surface area contributed by atoms with Crippen molar-refractivity contribution < 1.29 is 4.39 Å². The largest absolute Gasteiger partial charge is 0.382 e. The Balaban J connectivity index is 1.92. The summed E-state index contributed by atoms with van der Waals surface area (Å²) in [5.74, 6) is 0. The van der Waals surface area contributed by atoms with Gasteiger partial charge in [-0.2, -0.15) is 0 Å². The van der Waals surface area contributed by atoms with Crippen molar-refractivity contribution in [2.45, 2.75) is 12.1 Å². The number of rotatable bonds is 3. The fourth-order valence-corrected chi connectivity index (χ4v) is 2.12. The summed E-state index contributed by atoms with van der Waals surface area (Å²) >= 11 is 3.38. The fraction of sp³-hybridized carbons (Fsp3) is 0.455. The van der Waals surface area contributed by atoms with Crippen molar-refractivity contribution >= 4 is 21.6 Å². The Morgan fingerprint density at radius 3 is 3.07 bits per heavy atom. The van der Waals surface area contributed by atoms with Gasteiger partial charge in [-0.05, 0) is 31.2 Å². The number of hydrogen-bond donors (Lipinski definition) is 2. The van der Waals surface area contributed by atoms with Crippen LogP contribution in [0.5, 0.6) is 0 Å². The highest BCUT2D eigenvalue weighted by molar-refractivity contribution is 9.10. The summed E-state index contributed by atoms with van der Waals surface area (Å²) in [4.78, 5) is 0. The maximum absolute atomic E-state index is 14.0. The summed E-state index contributed by atoms with van der Waals surface area (Å²) in [5.41, 5.74) is -0.143. The lowest BCUT2D eigenvalue weighted by molar-refractivity contribution is 0.208. The highest BCUT2D eigenvalue weighted by Gasteiger charge is 2.33. The van der Waals surface area contributed by atoms with Crippen molar-refractivity contribution in [1.29, 1.82) is 0 Å². The van der Waals surface area contributed by atoms with Crippen LogP contribution in [0.2, 0.25) is 0 Å². The standard InChI is InChI=1S/C11H14BrFN2/c12-9-2-1-3-10(6-9)15-8-11(13)4-5-14-7-11/h1-3,6,14-15H,4-5,7-8H2. The minimum absolute atomic E-state index is 0.371. The van der Waals surface area contributed by atoms with E-state index in [9.17, 15) is 4.39 Å². The van der Waals surface area contributed by atoms with E-state index in [-0.39, 0.29) is 0 Å². The van der Waals surface area contributed by atoms with E-state index in [4.69, 9.17) is 0 Å². The molecule has 4 heteroatoms. The summed E-state index contributed by atoms with van der Waals surface area (Å²) < 4.78 is 15.0. The van der Waals surface area contributed by atoms with Gasteiger partial charge in [-0.25, -0.2) is 4.39 Å². The second kappa shape index (κ2) is 4.49. The Morgan fingerprint density at radius 2 is 2.40 bits per heavy atom. The van der Waals surface area contributed by atoms with Crippen LogP contribution in [0.15, 0.2) is 28.7 Å². The van der Waals surface area contributed by atoms with Crippen LogP contribution in [0.4, 0.5) is 10.1 Å². The van der Waals surface area contributed by atoms with Crippen LogP contribution in [0.1, 0.15) is 6.42 Å². The highest BCUT2D eigenvalue weighted by Crippen LogP contribution is 2.22. The lowest BCUT2D eigenvalue weighted by atomic mass is 10.1. The number of benzene rings is 1. The summed E-state index contributed by atoms with van der Waals surface area (Å²) in [6.45, 7) is 1.60. The summed E-state index contributed by atoms with van der Waals surface area (Å²) in [7, 11) is 0. The van der Waals surface area contributed by atoms with Crippen LogP contribution in [0.3, 0.4) is 0 Å². The molecule has 1 saturated heterocycles. The Morgan fingerprint density at radius 1 is 1.53 bits per heavy atom. The second-order valence-electron chi connectivity index (χ2n) is 3.94.